The summed E-state index contributed by atoms with van der Waals surface area (Å²) < 4.78 is 0. The normalized spacial score (nSPS) is 12.1. The highest BCUT2D eigenvalue weighted by molar-refractivity contribution is 7.80. The maximum atomic E-state index is 10.7. The lowest BCUT2D eigenvalue weighted by Crippen LogP contribution is -2.08. The third kappa shape index (κ3) is 2.47. The van der Waals surface area contributed by atoms with Gasteiger partial charge in [-0.3, -0.25) is 14.9 Å². The van der Waals surface area contributed by atoms with Gasteiger partial charge in [-0.15, -0.1) is 12.6 Å². The minimum Gasteiger partial charge on any atom is -0.481 e. The number of nitro benzene ring substituents is 1. The fourth-order valence-electron chi connectivity index (χ4n) is 1.14. The van der Waals surface area contributed by atoms with Gasteiger partial charge in [-0.05, 0) is 18.6 Å². The molecule has 1 aromatic carbocycles. The summed E-state index contributed by atoms with van der Waals surface area (Å²) in [4.78, 5) is 21.1. The van der Waals surface area contributed by atoms with E-state index in [0.29, 0.717) is 10.5 Å². The molecule has 0 radical (unpaired) electrons. The van der Waals surface area contributed by atoms with E-state index >= 15 is 0 Å². The van der Waals surface area contributed by atoms with Crippen molar-refractivity contribution in [3.8, 4) is 0 Å². The predicted molar refractivity (Wildman–Crippen MR) is 56.4 cm³/mol. The van der Waals surface area contributed by atoms with Gasteiger partial charge in [0.15, 0.2) is 0 Å². The van der Waals surface area contributed by atoms with Crippen molar-refractivity contribution in [1.82, 2.24) is 0 Å². The van der Waals surface area contributed by atoms with E-state index in [9.17, 15) is 14.9 Å². The van der Waals surface area contributed by atoms with Crippen LogP contribution in [0.4, 0.5) is 5.69 Å². The average molecular weight is 227 g/mol. The molecule has 0 aliphatic carbocycles. The largest absolute Gasteiger partial charge is 0.481 e. The van der Waals surface area contributed by atoms with Gasteiger partial charge in [-0.2, -0.15) is 0 Å². The second-order valence-electron chi connectivity index (χ2n) is 3.06. The molecule has 6 heteroatoms. The van der Waals surface area contributed by atoms with Crippen molar-refractivity contribution in [3.63, 3.8) is 0 Å². The van der Waals surface area contributed by atoms with Crippen LogP contribution in [0, 0.1) is 10.1 Å². The lowest BCUT2D eigenvalue weighted by Gasteiger charge is -2.08. The van der Waals surface area contributed by atoms with Gasteiger partial charge in [0, 0.05) is 17.0 Å². The number of hydrogen-bond acceptors (Lipinski definition) is 4. The molecule has 0 amide bonds. The Morgan fingerprint density at radius 2 is 2.20 bits per heavy atom. The molecule has 0 aliphatic heterocycles. The molecule has 1 N–H and O–H groups in total. The number of aliphatic carboxylic acids is 1. The molecule has 1 rings (SSSR count). The van der Waals surface area contributed by atoms with Gasteiger partial charge in [0.1, 0.15) is 0 Å². The minimum atomic E-state index is -1.04. The number of nitro groups is 1. The van der Waals surface area contributed by atoms with E-state index in [2.05, 4.69) is 12.6 Å². The third-order valence-electron chi connectivity index (χ3n) is 2.06. The Bertz CT molecular complexity index is 419. The molecular weight excluding hydrogens is 218 g/mol. The zero-order valence-electron chi connectivity index (χ0n) is 7.88. The number of carboxylic acids is 1. The summed E-state index contributed by atoms with van der Waals surface area (Å²) in [5.74, 6) is -1.84. The topological polar surface area (TPSA) is 80.4 Å². The van der Waals surface area contributed by atoms with Crippen LogP contribution in [0.3, 0.4) is 0 Å². The Morgan fingerprint density at radius 3 is 2.67 bits per heavy atom. The number of hydrogen-bond donors (Lipinski definition) is 2. The molecule has 0 bridgehead atoms. The maximum absolute atomic E-state index is 10.7. The van der Waals surface area contributed by atoms with E-state index in [1.165, 1.54) is 25.1 Å². The third-order valence-corrected chi connectivity index (χ3v) is 2.47. The first kappa shape index (κ1) is 11.5. The molecule has 0 heterocycles. The van der Waals surface area contributed by atoms with Gasteiger partial charge in [0.2, 0.25) is 0 Å². The van der Waals surface area contributed by atoms with Gasteiger partial charge in [0.25, 0.3) is 5.69 Å². The summed E-state index contributed by atoms with van der Waals surface area (Å²) in [5.41, 5.74) is 0.218. The van der Waals surface area contributed by atoms with Crippen LogP contribution in [0.2, 0.25) is 0 Å². The van der Waals surface area contributed by atoms with Crippen LogP contribution in [0.1, 0.15) is 18.4 Å². The molecule has 1 unspecified atom stereocenters. The Morgan fingerprint density at radius 1 is 1.60 bits per heavy atom. The quantitative estimate of drug-likeness (QED) is 0.470. The monoisotopic (exact) mass is 227 g/mol. The van der Waals surface area contributed by atoms with Crippen molar-refractivity contribution in [3.05, 3.63) is 33.9 Å². The summed E-state index contributed by atoms with van der Waals surface area (Å²) in [6.07, 6.45) is 0. The molecule has 0 fully saturated rings. The number of non-ortho nitro benzene ring substituents is 1. The van der Waals surface area contributed by atoms with E-state index in [4.69, 9.17) is 5.11 Å². The molecule has 15 heavy (non-hydrogen) atoms. The second-order valence-corrected chi connectivity index (χ2v) is 3.54. The summed E-state index contributed by atoms with van der Waals surface area (Å²) in [6, 6.07) is 3.96. The number of rotatable bonds is 3. The van der Waals surface area contributed by atoms with Crippen LogP contribution < -0.4 is 0 Å². The highest BCUT2D eigenvalue weighted by Gasteiger charge is 2.19. The standard InChI is InChI=1S/C9H9NO4S/c1-5(9(11)12)7-4-6(10(13)14)2-3-8(7)15/h2-5,15H,1H3,(H,11,12). The molecule has 0 aromatic heterocycles. The summed E-state index contributed by atoms with van der Waals surface area (Å²) in [6.45, 7) is 1.46. The van der Waals surface area contributed by atoms with E-state index in [0.717, 1.165) is 0 Å². The maximum Gasteiger partial charge on any atom is 0.310 e. The van der Waals surface area contributed by atoms with Crippen molar-refractivity contribution < 1.29 is 14.8 Å². The summed E-state index contributed by atoms with van der Waals surface area (Å²) in [7, 11) is 0. The van der Waals surface area contributed by atoms with Gasteiger partial charge < -0.3 is 5.11 Å². The van der Waals surface area contributed by atoms with Crippen molar-refractivity contribution in [2.24, 2.45) is 0 Å². The van der Waals surface area contributed by atoms with Crippen molar-refractivity contribution in [2.75, 3.05) is 0 Å². The van der Waals surface area contributed by atoms with E-state index < -0.39 is 16.8 Å². The zero-order valence-corrected chi connectivity index (χ0v) is 8.77. The molecule has 1 atom stereocenters. The van der Waals surface area contributed by atoms with E-state index in [1.807, 2.05) is 0 Å². The molecule has 0 saturated heterocycles. The lowest BCUT2D eigenvalue weighted by molar-refractivity contribution is -0.385. The van der Waals surface area contributed by atoms with Crippen LogP contribution in [-0.4, -0.2) is 16.0 Å². The number of carboxylic acid groups (broad SMARTS) is 1. The number of carbonyl (C=O) groups is 1. The highest BCUT2D eigenvalue weighted by Crippen LogP contribution is 2.27. The van der Waals surface area contributed by atoms with Gasteiger partial charge in [-0.25, -0.2) is 0 Å². The molecule has 1 aromatic rings. The van der Waals surface area contributed by atoms with Crippen LogP contribution in [0.15, 0.2) is 23.1 Å². The van der Waals surface area contributed by atoms with Crippen LogP contribution in [-0.2, 0) is 4.79 Å². The fourth-order valence-corrected chi connectivity index (χ4v) is 1.47. The SMILES string of the molecule is CC(C(=O)O)c1cc([N+](=O)[O-])ccc1S. The molecule has 0 saturated carbocycles. The average Bonchev–Trinajstić information content (AvgIpc) is 2.16. The van der Waals surface area contributed by atoms with Crippen LogP contribution in [0.25, 0.3) is 0 Å². The molecule has 0 aliphatic rings. The summed E-state index contributed by atoms with van der Waals surface area (Å²) >= 11 is 4.06. The first-order valence-electron chi connectivity index (χ1n) is 4.13. The van der Waals surface area contributed by atoms with Crippen LogP contribution in [0.5, 0.6) is 0 Å². The van der Waals surface area contributed by atoms with E-state index in [1.54, 1.807) is 0 Å². The zero-order chi connectivity index (χ0) is 11.6. The Kier molecular flexibility index (Phi) is 3.31. The number of thiol groups is 1. The fraction of sp³-hybridized carbons (Fsp3) is 0.222. The van der Waals surface area contributed by atoms with Gasteiger partial charge >= 0.3 is 5.97 Å². The number of nitrogens with zero attached hydrogens (tertiary/aromatic N) is 1. The molecule has 5 nitrogen and oxygen atoms in total. The molecule has 80 valence electrons. The Hall–Kier alpha value is -1.56. The summed E-state index contributed by atoms with van der Waals surface area (Å²) in [5, 5.41) is 19.3. The first-order chi connectivity index (χ1) is 6.93. The van der Waals surface area contributed by atoms with Crippen molar-refractivity contribution in [2.45, 2.75) is 17.7 Å². The van der Waals surface area contributed by atoms with Crippen molar-refractivity contribution in [1.29, 1.82) is 0 Å². The highest BCUT2D eigenvalue weighted by atomic mass is 32.1. The smallest absolute Gasteiger partial charge is 0.310 e. The van der Waals surface area contributed by atoms with Crippen LogP contribution >= 0.6 is 12.6 Å². The lowest BCUT2D eigenvalue weighted by atomic mass is 10.0. The van der Waals surface area contributed by atoms with Crippen molar-refractivity contribution >= 4 is 24.3 Å². The predicted octanol–water partition coefficient (Wildman–Crippen LogP) is 2.07. The molecular formula is C9H9NO4S. The Balaban J connectivity index is 3.22. The first-order valence-corrected chi connectivity index (χ1v) is 4.58. The minimum absolute atomic E-state index is 0.129. The van der Waals surface area contributed by atoms with E-state index in [-0.39, 0.29) is 5.69 Å². The van der Waals surface area contributed by atoms with Gasteiger partial charge in [-0.1, -0.05) is 0 Å². The molecule has 0 spiro atoms. The van der Waals surface area contributed by atoms with Gasteiger partial charge in [0.05, 0.1) is 10.8 Å². The number of benzene rings is 1. The second kappa shape index (κ2) is 4.31. The Labute approximate surface area is 91.3 Å².